The van der Waals surface area contributed by atoms with Gasteiger partial charge in [-0.1, -0.05) is 6.07 Å². The summed E-state index contributed by atoms with van der Waals surface area (Å²) in [6.07, 6.45) is 3.73. The predicted octanol–water partition coefficient (Wildman–Crippen LogP) is 1.32. The van der Waals surface area contributed by atoms with E-state index in [-0.39, 0.29) is 0 Å². The first kappa shape index (κ1) is 13.8. The van der Waals surface area contributed by atoms with Crippen molar-refractivity contribution in [3.05, 3.63) is 23.9 Å². The fraction of sp³-hybridized carbons (Fsp3) is 0.571. The van der Waals surface area contributed by atoms with Crippen LogP contribution in [0.4, 0.5) is 5.82 Å². The molecule has 1 fully saturated rings. The normalized spacial score (nSPS) is 20.2. The summed E-state index contributed by atoms with van der Waals surface area (Å²) < 4.78 is 0. The summed E-state index contributed by atoms with van der Waals surface area (Å²) in [4.78, 5) is 17.6. The molecule has 19 heavy (non-hydrogen) atoms. The van der Waals surface area contributed by atoms with E-state index in [0.717, 1.165) is 24.7 Å². The van der Waals surface area contributed by atoms with Gasteiger partial charge in [-0.25, -0.2) is 4.98 Å². The number of piperidine rings is 1. The van der Waals surface area contributed by atoms with Crippen LogP contribution < -0.4 is 11.1 Å². The Morgan fingerprint density at radius 2 is 2.42 bits per heavy atom. The molecule has 1 saturated heterocycles. The fourth-order valence-corrected chi connectivity index (χ4v) is 2.58. The van der Waals surface area contributed by atoms with Crippen LogP contribution in [-0.2, 0) is 0 Å². The third kappa shape index (κ3) is 4.21. The summed E-state index contributed by atoms with van der Waals surface area (Å²) >= 11 is 0. The van der Waals surface area contributed by atoms with Crippen molar-refractivity contribution in [2.75, 3.05) is 32.0 Å². The molecule has 2 rings (SSSR count). The fourth-order valence-electron chi connectivity index (χ4n) is 2.58. The molecule has 104 valence electrons. The molecule has 2 heterocycles. The van der Waals surface area contributed by atoms with Gasteiger partial charge in [0.1, 0.15) is 11.5 Å². The standard InChI is InChI=1S/C14H22N4O/c1-18-9-3-4-11(10-18)7-8-16-13-6-2-5-12(17-13)14(15)19/h2,5-6,11H,3-4,7-10H2,1H3,(H2,15,19)(H,16,17). The van der Waals surface area contributed by atoms with Gasteiger partial charge in [0.2, 0.25) is 0 Å². The molecule has 3 N–H and O–H groups in total. The molecule has 0 aliphatic carbocycles. The molecule has 0 saturated carbocycles. The zero-order valence-corrected chi connectivity index (χ0v) is 11.4. The van der Waals surface area contributed by atoms with Crippen molar-refractivity contribution >= 4 is 11.7 Å². The number of anilines is 1. The van der Waals surface area contributed by atoms with E-state index in [2.05, 4.69) is 22.2 Å². The number of hydrogen-bond donors (Lipinski definition) is 2. The summed E-state index contributed by atoms with van der Waals surface area (Å²) in [5.74, 6) is 0.989. The maximum absolute atomic E-state index is 11.0. The van der Waals surface area contributed by atoms with Gasteiger partial charge in [-0.05, 0) is 50.9 Å². The number of amides is 1. The van der Waals surface area contributed by atoms with Crippen LogP contribution in [0.1, 0.15) is 29.8 Å². The van der Waals surface area contributed by atoms with E-state index >= 15 is 0 Å². The van der Waals surface area contributed by atoms with Gasteiger partial charge in [0, 0.05) is 13.1 Å². The molecule has 1 amide bonds. The average molecular weight is 262 g/mol. The Balaban J connectivity index is 1.79. The second-order valence-corrected chi connectivity index (χ2v) is 5.26. The topological polar surface area (TPSA) is 71.2 Å². The second kappa shape index (κ2) is 6.52. The van der Waals surface area contributed by atoms with Crippen molar-refractivity contribution in [2.45, 2.75) is 19.3 Å². The van der Waals surface area contributed by atoms with Gasteiger partial charge in [-0.3, -0.25) is 4.79 Å². The summed E-state index contributed by atoms with van der Waals surface area (Å²) in [6, 6.07) is 5.28. The lowest BCUT2D eigenvalue weighted by Crippen LogP contribution is -2.32. The Bertz CT molecular complexity index is 435. The molecule has 5 nitrogen and oxygen atoms in total. The quantitative estimate of drug-likeness (QED) is 0.839. The molecule has 5 heteroatoms. The van der Waals surface area contributed by atoms with Gasteiger partial charge in [-0.15, -0.1) is 0 Å². The van der Waals surface area contributed by atoms with Crippen LogP contribution in [0.2, 0.25) is 0 Å². The first-order chi connectivity index (χ1) is 9.15. The number of nitrogens with one attached hydrogen (secondary N) is 1. The Morgan fingerprint density at radius 3 is 3.16 bits per heavy atom. The first-order valence-electron chi connectivity index (χ1n) is 6.84. The Labute approximate surface area is 114 Å². The molecule has 1 aromatic heterocycles. The summed E-state index contributed by atoms with van der Waals surface area (Å²) in [5.41, 5.74) is 5.52. The number of nitrogens with zero attached hydrogens (tertiary/aromatic N) is 2. The van der Waals surface area contributed by atoms with Crippen LogP contribution in [0, 0.1) is 5.92 Å². The van der Waals surface area contributed by atoms with E-state index in [4.69, 9.17) is 5.73 Å². The van der Waals surface area contributed by atoms with Crippen LogP contribution >= 0.6 is 0 Å². The van der Waals surface area contributed by atoms with Crippen molar-refractivity contribution in [2.24, 2.45) is 11.7 Å². The van der Waals surface area contributed by atoms with Gasteiger partial charge < -0.3 is 16.0 Å². The van der Waals surface area contributed by atoms with E-state index in [1.807, 2.05) is 6.07 Å². The number of aromatic nitrogens is 1. The minimum atomic E-state index is -0.488. The van der Waals surface area contributed by atoms with Crippen LogP contribution in [-0.4, -0.2) is 42.5 Å². The van der Waals surface area contributed by atoms with Crippen molar-refractivity contribution in [1.82, 2.24) is 9.88 Å². The molecular formula is C14H22N4O. The minimum Gasteiger partial charge on any atom is -0.370 e. The second-order valence-electron chi connectivity index (χ2n) is 5.26. The van der Waals surface area contributed by atoms with Crippen LogP contribution in [0.15, 0.2) is 18.2 Å². The molecular weight excluding hydrogens is 240 g/mol. The van der Waals surface area contributed by atoms with Crippen molar-refractivity contribution in [3.63, 3.8) is 0 Å². The van der Waals surface area contributed by atoms with Gasteiger partial charge >= 0.3 is 0 Å². The number of carbonyl (C=O) groups is 1. The first-order valence-corrected chi connectivity index (χ1v) is 6.84. The maximum atomic E-state index is 11.0. The van der Waals surface area contributed by atoms with E-state index in [1.54, 1.807) is 12.1 Å². The zero-order chi connectivity index (χ0) is 13.7. The van der Waals surface area contributed by atoms with Crippen molar-refractivity contribution < 1.29 is 4.79 Å². The summed E-state index contributed by atoms with van der Waals surface area (Å²) in [7, 11) is 2.18. The van der Waals surface area contributed by atoms with Crippen LogP contribution in [0.3, 0.4) is 0 Å². The van der Waals surface area contributed by atoms with Gasteiger partial charge in [-0.2, -0.15) is 0 Å². The highest BCUT2D eigenvalue weighted by atomic mass is 16.1. The Kier molecular flexibility index (Phi) is 4.74. The van der Waals surface area contributed by atoms with E-state index in [9.17, 15) is 4.79 Å². The maximum Gasteiger partial charge on any atom is 0.267 e. The minimum absolute atomic E-state index is 0.308. The number of likely N-dealkylation sites (tertiary alicyclic amines) is 1. The molecule has 1 aromatic rings. The zero-order valence-electron chi connectivity index (χ0n) is 11.4. The summed E-state index contributed by atoms with van der Waals surface area (Å²) in [6.45, 7) is 3.27. The largest absolute Gasteiger partial charge is 0.370 e. The molecule has 1 aliphatic heterocycles. The molecule has 1 atom stereocenters. The Morgan fingerprint density at radius 1 is 1.58 bits per heavy atom. The lowest BCUT2D eigenvalue weighted by molar-refractivity contribution is 0.0995. The average Bonchev–Trinajstić information content (AvgIpc) is 2.39. The van der Waals surface area contributed by atoms with E-state index in [1.165, 1.54) is 25.9 Å². The van der Waals surface area contributed by atoms with Gasteiger partial charge in [0.25, 0.3) is 5.91 Å². The van der Waals surface area contributed by atoms with E-state index < -0.39 is 5.91 Å². The monoisotopic (exact) mass is 262 g/mol. The highest BCUT2D eigenvalue weighted by Gasteiger charge is 2.16. The predicted molar refractivity (Wildman–Crippen MR) is 76.1 cm³/mol. The van der Waals surface area contributed by atoms with Gasteiger partial charge in [0.05, 0.1) is 0 Å². The molecule has 0 spiro atoms. The number of hydrogen-bond acceptors (Lipinski definition) is 4. The SMILES string of the molecule is CN1CCCC(CCNc2cccc(C(N)=O)n2)C1. The summed E-state index contributed by atoms with van der Waals surface area (Å²) in [5, 5.41) is 3.26. The third-order valence-electron chi connectivity index (χ3n) is 3.58. The van der Waals surface area contributed by atoms with Crippen LogP contribution in [0.5, 0.6) is 0 Å². The smallest absolute Gasteiger partial charge is 0.267 e. The lowest BCUT2D eigenvalue weighted by Gasteiger charge is -2.29. The number of primary amides is 1. The molecule has 1 aliphatic rings. The third-order valence-corrected chi connectivity index (χ3v) is 3.58. The van der Waals surface area contributed by atoms with Gasteiger partial charge in [0.15, 0.2) is 0 Å². The number of pyridine rings is 1. The highest BCUT2D eigenvalue weighted by Crippen LogP contribution is 2.18. The van der Waals surface area contributed by atoms with Crippen LogP contribution in [0.25, 0.3) is 0 Å². The van der Waals surface area contributed by atoms with E-state index in [0.29, 0.717) is 5.69 Å². The molecule has 0 bridgehead atoms. The lowest BCUT2D eigenvalue weighted by atomic mass is 9.95. The highest BCUT2D eigenvalue weighted by molar-refractivity contribution is 5.91. The number of rotatable bonds is 5. The molecule has 0 aromatic carbocycles. The number of nitrogens with two attached hydrogens (primary N) is 1. The number of carbonyl (C=O) groups excluding carboxylic acids is 1. The van der Waals surface area contributed by atoms with Crippen molar-refractivity contribution in [1.29, 1.82) is 0 Å². The van der Waals surface area contributed by atoms with Crippen molar-refractivity contribution in [3.8, 4) is 0 Å². The Hall–Kier alpha value is -1.62. The molecule has 0 radical (unpaired) electrons. The molecule has 1 unspecified atom stereocenters.